The van der Waals surface area contributed by atoms with Crippen molar-refractivity contribution < 1.29 is 0 Å². The molecule has 1 aliphatic rings. The van der Waals surface area contributed by atoms with Crippen LogP contribution in [-0.2, 0) is 0 Å². The molecule has 0 aromatic carbocycles. The Kier molecular flexibility index (Phi) is 8.53. The zero-order chi connectivity index (χ0) is 10.1. The molecule has 0 heterocycles. The molecule has 80 valence electrons. The van der Waals surface area contributed by atoms with Gasteiger partial charge in [-0.05, 0) is 18.8 Å². The van der Waals surface area contributed by atoms with Crippen molar-refractivity contribution in [3.05, 3.63) is 0 Å². The van der Waals surface area contributed by atoms with Crippen LogP contribution in [0.15, 0.2) is 0 Å². The highest BCUT2D eigenvalue weighted by Crippen LogP contribution is 2.21. The molecule has 2 atom stereocenters. The summed E-state index contributed by atoms with van der Waals surface area (Å²) in [7, 11) is 0. The van der Waals surface area contributed by atoms with Crippen molar-refractivity contribution in [3.63, 3.8) is 0 Å². The van der Waals surface area contributed by atoms with E-state index in [4.69, 9.17) is 5.73 Å². The van der Waals surface area contributed by atoms with Gasteiger partial charge in [-0.15, -0.1) is 0 Å². The highest BCUT2D eigenvalue weighted by atomic mass is 14.6. The lowest BCUT2D eigenvalue weighted by atomic mass is 9.87. The molecule has 2 N–H and O–H groups in total. The molecule has 0 aromatic rings. The van der Waals surface area contributed by atoms with Crippen molar-refractivity contribution in [1.29, 1.82) is 0 Å². The molecule has 0 aromatic heterocycles. The second-order valence-electron chi connectivity index (χ2n) is 4.28. The maximum Gasteiger partial charge on any atom is 0.00645 e. The summed E-state index contributed by atoms with van der Waals surface area (Å²) in [5.41, 5.74) is 5.78. The summed E-state index contributed by atoms with van der Waals surface area (Å²) >= 11 is 0. The van der Waals surface area contributed by atoms with Crippen molar-refractivity contribution in [1.82, 2.24) is 0 Å². The molecule has 0 bridgehead atoms. The van der Waals surface area contributed by atoms with Crippen LogP contribution in [0.5, 0.6) is 0 Å². The van der Waals surface area contributed by atoms with Gasteiger partial charge < -0.3 is 5.73 Å². The monoisotopic (exact) mass is 185 g/mol. The molecule has 1 heteroatoms. The van der Waals surface area contributed by atoms with E-state index in [9.17, 15) is 0 Å². The Morgan fingerprint density at radius 2 is 1.62 bits per heavy atom. The number of rotatable bonds is 2. The zero-order valence-electron chi connectivity index (χ0n) is 9.68. The highest BCUT2D eigenvalue weighted by Gasteiger charge is 2.15. The quantitative estimate of drug-likeness (QED) is 0.697. The molecule has 1 fully saturated rings. The Morgan fingerprint density at radius 3 is 1.85 bits per heavy atom. The Labute approximate surface area is 84.1 Å². The molecule has 13 heavy (non-hydrogen) atoms. The van der Waals surface area contributed by atoms with Crippen LogP contribution in [-0.4, -0.2) is 6.04 Å². The lowest BCUT2D eigenvalue weighted by Gasteiger charge is -2.24. The first-order valence-electron chi connectivity index (χ1n) is 5.97. The van der Waals surface area contributed by atoms with Crippen molar-refractivity contribution in [3.8, 4) is 0 Å². The number of nitrogens with two attached hydrogens (primary N) is 1. The minimum atomic E-state index is 0.503. The predicted molar refractivity (Wildman–Crippen MR) is 60.8 cm³/mol. The summed E-state index contributed by atoms with van der Waals surface area (Å²) in [4.78, 5) is 0. The predicted octanol–water partition coefficient (Wildman–Crippen LogP) is 3.72. The Bertz CT molecular complexity index is 89.3. The van der Waals surface area contributed by atoms with Crippen molar-refractivity contribution in [2.75, 3.05) is 0 Å². The standard InChI is InChI=1S/C7H15N.C5H12/c1-6-4-2-3-5-7(6)8;1-3-5-4-2/h6-7H,2-5,8H2,1H3;3-5H2,1-2H3/t6-,7+;/m1./s1. The fraction of sp³-hybridized carbons (Fsp3) is 1.00. The van der Waals surface area contributed by atoms with Crippen LogP contribution in [0.3, 0.4) is 0 Å². The van der Waals surface area contributed by atoms with Gasteiger partial charge in [-0.2, -0.15) is 0 Å². The summed E-state index contributed by atoms with van der Waals surface area (Å²) in [6, 6.07) is 0.503. The summed E-state index contributed by atoms with van der Waals surface area (Å²) in [6.07, 6.45) is 9.43. The van der Waals surface area contributed by atoms with Crippen LogP contribution in [0, 0.1) is 5.92 Å². The molecular weight excluding hydrogens is 158 g/mol. The van der Waals surface area contributed by atoms with Gasteiger partial charge in [0.1, 0.15) is 0 Å². The second kappa shape index (κ2) is 8.55. The molecule has 1 saturated carbocycles. The van der Waals surface area contributed by atoms with E-state index in [0.717, 1.165) is 5.92 Å². The molecule has 1 rings (SSSR count). The molecule has 1 aliphatic carbocycles. The molecule has 0 saturated heterocycles. The minimum Gasteiger partial charge on any atom is -0.327 e. The fourth-order valence-electron chi connectivity index (χ4n) is 1.70. The SMILES string of the molecule is CCCCC.C[C@@H]1CCCC[C@@H]1N. The van der Waals surface area contributed by atoms with Crippen LogP contribution in [0.25, 0.3) is 0 Å². The van der Waals surface area contributed by atoms with Crippen LogP contribution >= 0.6 is 0 Å². The molecule has 0 radical (unpaired) electrons. The maximum atomic E-state index is 5.78. The number of unbranched alkanes of at least 4 members (excludes halogenated alkanes) is 2. The lowest BCUT2D eigenvalue weighted by molar-refractivity contribution is 0.331. The second-order valence-corrected chi connectivity index (χ2v) is 4.28. The zero-order valence-corrected chi connectivity index (χ0v) is 9.68. The van der Waals surface area contributed by atoms with Gasteiger partial charge in [0.2, 0.25) is 0 Å². The van der Waals surface area contributed by atoms with Gasteiger partial charge in [-0.25, -0.2) is 0 Å². The van der Waals surface area contributed by atoms with Gasteiger partial charge in [0.15, 0.2) is 0 Å². The van der Waals surface area contributed by atoms with Crippen molar-refractivity contribution in [2.45, 2.75) is 71.8 Å². The summed E-state index contributed by atoms with van der Waals surface area (Å²) in [6.45, 7) is 6.68. The van der Waals surface area contributed by atoms with E-state index in [1.165, 1.54) is 44.9 Å². The first-order valence-corrected chi connectivity index (χ1v) is 5.97. The first-order chi connectivity index (χ1) is 6.22. The molecule has 0 aliphatic heterocycles. The molecule has 0 spiro atoms. The van der Waals surface area contributed by atoms with Gasteiger partial charge in [-0.3, -0.25) is 0 Å². The Balaban J connectivity index is 0.000000252. The Hall–Kier alpha value is -0.0400. The van der Waals surface area contributed by atoms with Gasteiger partial charge in [0.25, 0.3) is 0 Å². The van der Waals surface area contributed by atoms with Crippen molar-refractivity contribution >= 4 is 0 Å². The smallest absolute Gasteiger partial charge is 0.00645 e. The molecule has 0 unspecified atom stereocenters. The van der Waals surface area contributed by atoms with Gasteiger partial charge in [0, 0.05) is 6.04 Å². The third-order valence-electron chi connectivity index (χ3n) is 2.88. The summed E-state index contributed by atoms with van der Waals surface area (Å²) in [5, 5.41) is 0. The van der Waals surface area contributed by atoms with E-state index in [1.807, 2.05) is 0 Å². The fourth-order valence-corrected chi connectivity index (χ4v) is 1.70. The van der Waals surface area contributed by atoms with Gasteiger partial charge in [0.05, 0.1) is 0 Å². The van der Waals surface area contributed by atoms with E-state index < -0.39 is 0 Å². The normalized spacial score (nSPS) is 27.7. The number of hydrogen-bond acceptors (Lipinski definition) is 1. The van der Waals surface area contributed by atoms with Gasteiger partial charge in [-0.1, -0.05) is 52.9 Å². The van der Waals surface area contributed by atoms with Crippen LogP contribution < -0.4 is 5.73 Å². The topological polar surface area (TPSA) is 26.0 Å². The number of hydrogen-bond donors (Lipinski definition) is 1. The van der Waals surface area contributed by atoms with Crippen LogP contribution in [0.4, 0.5) is 0 Å². The summed E-state index contributed by atoms with van der Waals surface area (Å²) < 4.78 is 0. The third-order valence-corrected chi connectivity index (χ3v) is 2.88. The lowest BCUT2D eigenvalue weighted by Crippen LogP contribution is -2.30. The van der Waals surface area contributed by atoms with E-state index in [-0.39, 0.29) is 0 Å². The van der Waals surface area contributed by atoms with Crippen LogP contribution in [0.2, 0.25) is 0 Å². The highest BCUT2D eigenvalue weighted by molar-refractivity contribution is 4.73. The molecular formula is C12H27N. The largest absolute Gasteiger partial charge is 0.327 e. The van der Waals surface area contributed by atoms with E-state index >= 15 is 0 Å². The van der Waals surface area contributed by atoms with E-state index in [2.05, 4.69) is 20.8 Å². The third kappa shape index (κ3) is 7.06. The van der Waals surface area contributed by atoms with Gasteiger partial charge >= 0.3 is 0 Å². The van der Waals surface area contributed by atoms with E-state index in [1.54, 1.807) is 0 Å². The van der Waals surface area contributed by atoms with E-state index in [0.29, 0.717) is 6.04 Å². The average molecular weight is 185 g/mol. The molecule has 0 amide bonds. The van der Waals surface area contributed by atoms with Crippen LogP contribution in [0.1, 0.15) is 65.7 Å². The minimum absolute atomic E-state index is 0.503. The average Bonchev–Trinajstić information content (AvgIpc) is 2.13. The first kappa shape index (κ1) is 13.0. The molecule has 1 nitrogen and oxygen atoms in total. The van der Waals surface area contributed by atoms with Crippen molar-refractivity contribution in [2.24, 2.45) is 11.7 Å². The maximum absolute atomic E-state index is 5.78. The Morgan fingerprint density at radius 1 is 1.08 bits per heavy atom. The summed E-state index contributed by atoms with van der Waals surface area (Å²) in [5.74, 6) is 0.781.